The summed E-state index contributed by atoms with van der Waals surface area (Å²) >= 11 is 4.18. The predicted molar refractivity (Wildman–Crippen MR) is 36.9 cm³/mol. The van der Waals surface area contributed by atoms with Gasteiger partial charge in [-0.25, -0.2) is 0 Å². The summed E-state index contributed by atoms with van der Waals surface area (Å²) < 4.78 is 0. The molecule has 0 bridgehead atoms. The van der Waals surface area contributed by atoms with E-state index in [4.69, 9.17) is 0 Å². The SMILES string of the molecule is SC1=CN2[N]C=CN2C1. The van der Waals surface area contributed by atoms with E-state index in [-0.39, 0.29) is 0 Å². The highest BCUT2D eigenvalue weighted by atomic mass is 32.1. The molecule has 0 aromatic heterocycles. The summed E-state index contributed by atoms with van der Waals surface area (Å²) in [6.45, 7) is 0.850. The van der Waals surface area contributed by atoms with Gasteiger partial charge in [-0.1, -0.05) is 0 Å². The van der Waals surface area contributed by atoms with Gasteiger partial charge in [0.15, 0.2) is 0 Å². The van der Waals surface area contributed by atoms with Crippen LogP contribution in [0.5, 0.6) is 0 Å². The Morgan fingerprint density at radius 3 is 3.33 bits per heavy atom. The zero-order valence-electron chi connectivity index (χ0n) is 4.73. The van der Waals surface area contributed by atoms with E-state index < -0.39 is 0 Å². The first-order chi connectivity index (χ1) is 4.36. The molecule has 2 aliphatic rings. The molecule has 2 aliphatic heterocycles. The highest BCUT2D eigenvalue weighted by Crippen LogP contribution is 2.19. The Balaban J connectivity index is 2.19. The van der Waals surface area contributed by atoms with Crippen LogP contribution in [0.3, 0.4) is 0 Å². The first kappa shape index (κ1) is 5.05. The molecule has 3 nitrogen and oxygen atoms in total. The zero-order valence-corrected chi connectivity index (χ0v) is 5.62. The van der Waals surface area contributed by atoms with Crippen molar-refractivity contribution in [2.45, 2.75) is 0 Å². The molecule has 0 aliphatic carbocycles. The van der Waals surface area contributed by atoms with E-state index in [1.54, 1.807) is 11.3 Å². The van der Waals surface area contributed by atoms with Gasteiger partial charge in [0.25, 0.3) is 0 Å². The van der Waals surface area contributed by atoms with Crippen molar-refractivity contribution in [2.24, 2.45) is 0 Å². The van der Waals surface area contributed by atoms with Crippen molar-refractivity contribution < 1.29 is 0 Å². The molecule has 0 atom stereocenters. The van der Waals surface area contributed by atoms with E-state index in [0.29, 0.717) is 0 Å². The van der Waals surface area contributed by atoms with Gasteiger partial charge in [0.2, 0.25) is 0 Å². The Kier molecular flexibility index (Phi) is 0.900. The highest BCUT2D eigenvalue weighted by Gasteiger charge is 2.20. The molecule has 0 aromatic carbocycles. The molecule has 0 spiro atoms. The van der Waals surface area contributed by atoms with Gasteiger partial charge in [-0.15, -0.1) is 12.6 Å². The molecule has 0 amide bonds. The minimum absolute atomic E-state index is 0.850. The second-order valence-electron chi connectivity index (χ2n) is 1.95. The summed E-state index contributed by atoms with van der Waals surface area (Å²) in [6, 6.07) is 0. The van der Waals surface area contributed by atoms with E-state index in [9.17, 15) is 0 Å². The van der Waals surface area contributed by atoms with Crippen LogP contribution in [0, 0.1) is 0 Å². The fraction of sp³-hybridized carbons (Fsp3) is 0.200. The Hall–Kier alpha value is -0.770. The molecule has 9 heavy (non-hydrogen) atoms. The van der Waals surface area contributed by atoms with Crippen LogP contribution in [0.25, 0.3) is 0 Å². The smallest absolute Gasteiger partial charge is 0.0732 e. The lowest BCUT2D eigenvalue weighted by Gasteiger charge is -2.16. The standard InChI is InChI=1S/C5H6N3S/c9-5-3-7-2-1-6-8(7)4-5/h1-2,4,9H,3H2. The largest absolute Gasteiger partial charge is 0.266 e. The van der Waals surface area contributed by atoms with Gasteiger partial charge >= 0.3 is 0 Å². The second kappa shape index (κ2) is 1.60. The van der Waals surface area contributed by atoms with Gasteiger partial charge in [0.05, 0.1) is 18.9 Å². The van der Waals surface area contributed by atoms with E-state index in [2.05, 4.69) is 18.1 Å². The monoisotopic (exact) mass is 140 g/mol. The molecule has 0 N–H and O–H groups in total. The van der Waals surface area contributed by atoms with Crippen LogP contribution in [-0.4, -0.2) is 16.7 Å². The van der Waals surface area contributed by atoms with Crippen molar-refractivity contribution in [1.82, 2.24) is 15.6 Å². The highest BCUT2D eigenvalue weighted by molar-refractivity contribution is 7.84. The minimum Gasteiger partial charge on any atom is -0.266 e. The predicted octanol–water partition coefficient (Wildman–Crippen LogP) is 0.294. The zero-order chi connectivity index (χ0) is 6.27. The molecular formula is C5H6N3S. The molecule has 2 rings (SSSR count). The number of hydrogen-bond acceptors (Lipinski definition) is 3. The Morgan fingerprint density at radius 1 is 1.67 bits per heavy atom. The summed E-state index contributed by atoms with van der Waals surface area (Å²) in [7, 11) is 0. The molecule has 2 heterocycles. The maximum Gasteiger partial charge on any atom is 0.0732 e. The number of hydrazine groups is 1. The Labute approximate surface area is 59.0 Å². The van der Waals surface area contributed by atoms with Crippen LogP contribution >= 0.6 is 12.6 Å². The van der Waals surface area contributed by atoms with Crippen LogP contribution in [0.4, 0.5) is 0 Å². The van der Waals surface area contributed by atoms with Crippen molar-refractivity contribution in [1.29, 1.82) is 0 Å². The van der Waals surface area contributed by atoms with Crippen molar-refractivity contribution in [3.63, 3.8) is 0 Å². The lowest BCUT2D eigenvalue weighted by molar-refractivity contribution is 0.0925. The number of thiol groups is 1. The summed E-state index contributed by atoms with van der Waals surface area (Å²) in [5.41, 5.74) is 4.00. The number of nitrogens with zero attached hydrogens (tertiary/aromatic N) is 3. The van der Waals surface area contributed by atoms with E-state index >= 15 is 0 Å². The van der Waals surface area contributed by atoms with Gasteiger partial charge in [-0.2, -0.15) is 10.5 Å². The second-order valence-corrected chi connectivity index (χ2v) is 2.53. The van der Waals surface area contributed by atoms with Gasteiger partial charge in [-0.3, -0.25) is 5.01 Å². The maximum absolute atomic E-state index is 4.18. The summed E-state index contributed by atoms with van der Waals surface area (Å²) in [6.07, 6.45) is 5.57. The molecule has 0 unspecified atom stereocenters. The third-order valence-corrected chi connectivity index (χ3v) is 1.53. The molecule has 0 fully saturated rings. The summed E-state index contributed by atoms with van der Waals surface area (Å²) in [4.78, 5) is 1.04. The first-order valence-electron chi connectivity index (χ1n) is 2.69. The average Bonchev–Trinajstić information content (AvgIpc) is 2.22. The number of fused-ring (bicyclic) bond motifs is 1. The van der Waals surface area contributed by atoms with E-state index in [0.717, 1.165) is 11.4 Å². The third-order valence-electron chi connectivity index (χ3n) is 1.28. The molecular weight excluding hydrogens is 134 g/mol. The van der Waals surface area contributed by atoms with Crippen LogP contribution < -0.4 is 5.43 Å². The van der Waals surface area contributed by atoms with Crippen LogP contribution in [0.15, 0.2) is 23.5 Å². The van der Waals surface area contributed by atoms with Gasteiger partial charge in [0, 0.05) is 11.1 Å². The van der Waals surface area contributed by atoms with Crippen LogP contribution in [-0.2, 0) is 0 Å². The maximum atomic E-state index is 4.18. The lowest BCUT2D eigenvalue weighted by atomic mass is 10.6. The summed E-state index contributed by atoms with van der Waals surface area (Å²) in [5.74, 6) is 0. The van der Waals surface area contributed by atoms with Gasteiger partial charge in [-0.05, 0) is 0 Å². The lowest BCUT2D eigenvalue weighted by Crippen LogP contribution is -2.28. The fourth-order valence-corrected chi connectivity index (χ4v) is 1.13. The fourth-order valence-electron chi connectivity index (χ4n) is 0.882. The van der Waals surface area contributed by atoms with Gasteiger partial charge in [0.1, 0.15) is 0 Å². The minimum atomic E-state index is 0.850. The Bertz CT molecular complexity index is 187. The normalized spacial score (nSPS) is 22.1. The molecule has 1 radical (unpaired) electrons. The van der Waals surface area contributed by atoms with Crippen molar-refractivity contribution in [3.05, 3.63) is 23.5 Å². The van der Waals surface area contributed by atoms with E-state index in [1.165, 1.54) is 0 Å². The average molecular weight is 140 g/mol. The van der Waals surface area contributed by atoms with Crippen LogP contribution in [0.2, 0.25) is 0 Å². The van der Waals surface area contributed by atoms with Crippen LogP contribution in [0.1, 0.15) is 0 Å². The van der Waals surface area contributed by atoms with Crippen molar-refractivity contribution in [3.8, 4) is 0 Å². The molecule has 47 valence electrons. The quantitative estimate of drug-likeness (QED) is 0.488. The van der Waals surface area contributed by atoms with Crippen molar-refractivity contribution >= 4 is 12.6 Å². The molecule has 4 heteroatoms. The Morgan fingerprint density at radius 2 is 2.56 bits per heavy atom. The third kappa shape index (κ3) is 0.666. The van der Waals surface area contributed by atoms with E-state index in [1.807, 2.05) is 17.4 Å². The molecule has 0 saturated carbocycles. The summed E-state index contributed by atoms with van der Waals surface area (Å²) in [5, 5.41) is 3.74. The number of hydrogen-bond donors (Lipinski definition) is 1. The number of rotatable bonds is 0. The first-order valence-corrected chi connectivity index (χ1v) is 3.14. The van der Waals surface area contributed by atoms with Crippen molar-refractivity contribution in [2.75, 3.05) is 6.54 Å². The molecule has 0 aromatic rings. The molecule has 0 saturated heterocycles. The van der Waals surface area contributed by atoms with Gasteiger partial charge < -0.3 is 0 Å². The topological polar surface area (TPSA) is 20.6 Å².